The summed E-state index contributed by atoms with van der Waals surface area (Å²) in [5.41, 5.74) is 0. The van der Waals surface area contributed by atoms with Crippen molar-refractivity contribution in [3.63, 3.8) is 0 Å². The van der Waals surface area contributed by atoms with Crippen molar-refractivity contribution in [2.24, 2.45) is 0 Å². The number of nitrogens with zero attached hydrogens (tertiary/aromatic N) is 3. The molecule has 0 atom stereocenters. The van der Waals surface area contributed by atoms with Crippen molar-refractivity contribution in [2.75, 3.05) is 21.1 Å². The molecule has 0 aromatic rings. The van der Waals surface area contributed by atoms with Crippen LogP contribution in [0.3, 0.4) is 0 Å². The molecule has 0 N–H and O–H groups in total. The second-order valence-electron chi connectivity index (χ2n) is 8.20. The number of unbranched alkanes of at least 4 members (excludes halogenated alkanes) is 6. The molecule has 0 aromatic heterocycles. The third-order valence-electron chi connectivity index (χ3n) is 6.01. The van der Waals surface area contributed by atoms with Crippen LogP contribution < -0.4 is 0 Å². The van der Waals surface area contributed by atoms with Gasteiger partial charge in [0.1, 0.15) is 0 Å². The highest BCUT2D eigenvalue weighted by Crippen LogP contribution is 2.22. The molecule has 29 heavy (non-hydrogen) atoms. The summed E-state index contributed by atoms with van der Waals surface area (Å²) in [7, 11) is 2.33. The second kappa shape index (κ2) is 14.6. The SMILES string of the molecule is CCCCCC(=O)N(C)[Si](C)(N(C)C(=O)CCCCC)N(C)C(=O)CCCCC. The van der Waals surface area contributed by atoms with E-state index >= 15 is 0 Å². The first kappa shape index (κ1) is 27.6. The Morgan fingerprint density at radius 3 is 1.00 bits per heavy atom. The summed E-state index contributed by atoms with van der Waals surface area (Å²) in [5.74, 6) is 0.0668. The third-order valence-corrected chi connectivity index (χ3v) is 10.6. The zero-order valence-corrected chi connectivity index (χ0v) is 21.1. The Labute approximate surface area is 180 Å². The van der Waals surface area contributed by atoms with E-state index in [9.17, 15) is 14.4 Å². The van der Waals surface area contributed by atoms with Gasteiger partial charge in [0.05, 0.1) is 0 Å². The van der Waals surface area contributed by atoms with Crippen molar-refractivity contribution in [1.82, 2.24) is 13.7 Å². The zero-order valence-electron chi connectivity index (χ0n) is 20.1. The molecule has 0 aliphatic rings. The maximum atomic E-state index is 12.9. The first-order valence-electron chi connectivity index (χ1n) is 11.5. The smallest absolute Gasteiger partial charge is 0.338 e. The Morgan fingerprint density at radius 1 is 0.552 bits per heavy atom. The lowest BCUT2D eigenvalue weighted by atomic mass is 10.2. The number of carbonyl (C=O) groups excluding carboxylic acids is 3. The molecule has 0 radical (unpaired) electrons. The van der Waals surface area contributed by atoms with E-state index in [-0.39, 0.29) is 17.7 Å². The van der Waals surface area contributed by atoms with Gasteiger partial charge in [-0.1, -0.05) is 59.3 Å². The van der Waals surface area contributed by atoms with Crippen LogP contribution in [0.4, 0.5) is 0 Å². The summed E-state index contributed by atoms with van der Waals surface area (Å²) in [6.07, 6.45) is 10.1. The standard InChI is InChI=1S/C22H45N3O3Si/c1-8-11-14-17-20(26)23(4)29(7,24(5)21(27)18-15-12-9-2)25(6)22(28)19-16-13-10-3/h8-19H2,1-7H3. The molecule has 3 amide bonds. The fraction of sp³-hybridized carbons (Fsp3) is 0.864. The van der Waals surface area contributed by atoms with Crippen LogP contribution in [0.2, 0.25) is 6.55 Å². The normalized spacial score (nSPS) is 11.3. The topological polar surface area (TPSA) is 60.9 Å². The quantitative estimate of drug-likeness (QED) is 0.282. The van der Waals surface area contributed by atoms with E-state index in [0.717, 1.165) is 57.8 Å². The minimum Gasteiger partial charge on any atom is -0.338 e. The Bertz CT molecular complexity index is 444. The van der Waals surface area contributed by atoms with Crippen LogP contribution in [0.25, 0.3) is 0 Å². The van der Waals surface area contributed by atoms with E-state index < -0.39 is 8.56 Å². The number of rotatable bonds is 15. The molecule has 6 nitrogen and oxygen atoms in total. The molecule has 0 heterocycles. The van der Waals surface area contributed by atoms with Crippen molar-refractivity contribution in [3.8, 4) is 0 Å². The number of hydrogen-bond donors (Lipinski definition) is 0. The van der Waals surface area contributed by atoms with Gasteiger partial charge in [-0.3, -0.25) is 14.4 Å². The molecule has 7 heteroatoms. The maximum Gasteiger partial charge on any atom is 0.382 e. The van der Waals surface area contributed by atoms with Gasteiger partial charge in [-0.05, 0) is 25.8 Å². The lowest BCUT2D eigenvalue weighted by molar-refractivity contribution is -0.131. The van der Waals surface area contributed by atoms with Crippen LogP contribution in [0.5, 0.6) is 0 Å². The Kier molecular flexibility index (Phi) is 13.9. The molecule has 0 aliphatic carbocycles. The van der Waals surface area contributed by atoms with Crippen molar-refractivity contribution in [3.05, 3.63) is 0 Å². The minimum absolute atomic E-state index is 0.0223. The zero-order chi connectivity index (χ0) is 22.4. The fourth-order valence-corrected chi connectivity index (χ4v) is 6.57. The van der Waals surface area contributed by atoms with Crippen LogP contribution in [0.15, 0.2) is 0 Å². The average molecular weight is 428 g/mol. The van der Waals surface area contributed by atoms with Crippen LogP contribution in [-0.4, -0.2) is 61.1 Å². The van der Waals surface area contributed by atoms with E-state index in [1.807, 2.05) is 6.55 Å². The molecule has 0 fully saturated rings. The first-order chi connectivity index (χ1) is 13.7. The van der Waals surface area contributed by atoms with Gasteiger partial charge in [0.25, 0.3) is 0 Å². The van der Waals surface area contributed by atoms with Crippen LogP contribution in [0, 0.1) is 0 Å². The highest BCUT2D eigenvalue weighted by atomic mass is 28.4. The van der Waals surface area contributed by atoms with Crippen molar-refractivity contribution >= 4 is 26.3 Å². The van der Waals surface area contributed by atoms with Crippen molar-refractivity contribution in [1.29, 1.82) is 0 Å². The Balaban J connectivity index is 5.55. The molecule has 170 valence electrons. The predicted molar refractivity (Wildman–Crippen MR) is 122 cm³/mol. The van der Waals surface area contributed by atoms with Crippen molar-refractivity contribution < 1.29 is 14.4 Å². The minimum atomic E-state index is -2.98. The van der Waals surface area contributed by atoms with Crippen LogP contribution in [-0.2, 0) is 14.4 Å². The molecule has 0 spiro atoms. The molecule has 0 aromatic carbocycles. The molecule has 0 unspecified atom stereocenters. The monoisotopic (exact) mass is 427 g/mol. The molecule has 0 saturated heterocycles. The Hall–Kier alpha value is -1.37. The van der Waals surface area contributed by atoms with Gasteiger partial charge < -0.3 is 13.7 Å². The van der Waals surface area contributed by atoms with Gasteiger partial charge in [-0.25, -0.2) is 0 Å². The van der Waals surface area contributed by atoms with E-state index in [1.54, 1.807) is 34.8 Å². The van der Waals surface area contributed by atoms with E-state index in [2.05, 4.69) is 20.8 Å². The first-order valence-corrected chi connectivity index (χ1v) is 13.8. The number of hydrogen-bond acceptors (Lipinski definition) is 3. The summed E-state index contributed by atoms with van der Waals surface area (Å²) in [4.78, 5) is 38.8. The Morgan fingerprint density at radius 2 is 0.793 bits per heavy atom. The summed E-state index contributed by atoms with van der Waals surface area (Å²) in [6, 6.07) is 0. The number of amides is 3. The summed E-state index contributed by atoms with van der Waals surface area (Å²) in [5, 5.41) is 0. The molecule has 0 bridgehead atoms. The molecule has 0 saturated carbocycles. The lowest BCUT2D eigenvalue weighted by Gasteiger charge is -2.47. The summed E-state index contributed by atoms with van der Waals surface area (Å²) in [6.45, 7) is 8.27. The third kappa shape index (κ3) is 8.48. The van der Waals surface area contributed by atoms with E-state index in [1.165, 1.54) is 0 Å². The maximum absolute atomic E-state index is 12.9. The largest absolute Gasteiger partial charge is 0.382 e. The van der Waals surface area contributed by atoms with E-state index in [0.29, 0.717) is 19.3 Å². The molecule has 0 aliphatic heterocycles. The van der Waals surface area contributed by atoms with Gasteiger partial charge in [-0.2, -0.15) is 0 Å². The predicted octanol–water partition coefficient (Wildman–Crippen LogP) is 4.67. The van der Waals surface area contributed by atoms with Gasteiger partial charge in [0.2, 0.25) is 17.7 Å². The average Bonchev–Trinajstić information content (AvgIpc) is 2.71. The van der Waals surface area contributed by atoms with Crippen LogP contribution >= 0.6 is 0 Å². The van der Waals surface area contributed by atoms with Gasteiger partial charge in [-0.15, -0.1) is 0 Å². The van der Waals surface area contributed by atoms with Crippen LogP contribution in [0.1, 0.15) is 97.8 Å². The van der Waals surface area contributed by atoms with Gasteiger partial charge >= 0.3 is 8.56 Å². The van der Waals surface area contributed by atoms with Crippen molar-refractivity contribution in [2.45, 2.75) is 104 Å². The van der Waals surface area contributed by atoms with Gasteiger partial charge in [0.15, 0.2) is 0 Å². The van der Waals surface area contributed by atoms with Gasteiger partial charge in [0, 0.05) is 40.4 Å². The lowest BCUT2D eigenvalue weighted by Crippen LogP contribution is -2.74. The molecular formula is C22H45N3O3Si. The highest BCUT2D eigenvalue weighted by molar-refractivity contribution is 6.76. The second-order valence-corrected chi connectivity index (χ2v) is 12.2. The molecule has 0 rings (SSSR count). The number of carbonyl (C=O) groups is 3. The fourth-order valence-electron chi connectivity index (χ4n) is 3.47. The summed E-state index contributed by atoms with van der Waals surface area (Å²) < 4.78 is 5.16. The molecular weight excluding hydrogens is 382 g/mol. The highest BCUT2D eigenvalue weighted by Gasteiger charge is 2.49. The summed E-state index contributed by atoms with van der Waals surface area (Å²) >= 11 is 0. The van der Waals surface area contributed by atoms with E-state index in [4.69, 9.17) is 0 Å².